The minimum absolute atomic E-state index is 0.497. The molecule has 0 amide bonds. The number of thiophene rings is 1. The molecular weight excluding hydrogens is 911 g/mol. The Labute approximate surface area is 433 Å². The highest BCUT2D eigenvalue weighted by atomic mass is 32.1. The van der Waals surface area contributed by atoms with Crippen molar-refractivity contribution in [2.75, 3.05) is 4.90 Å². The smallest absolute Gasteiger partial charge is 0.0726 e. The third-order valence-corrected chi connectivity index (χ3v) is 18.5. The van der Waals surface area contributed by atoms with Gasteiger partial charge in [0.05, 0.1) is 21.2 Å². The van der Waals surface area contributed by atoms with Gasteiger partial charge in [0.15, 0.2) is 0 Å². The lowest BCUT2D eigenvalue weighted by Gasteiger charge is -2.33. The van der Waals surface area contributed by atoms with E-state index in [2.05, 4.69) is 266 Å². The lowest BCUT2D eigenvalue weighted by Crippen LogP contribution is -2.26. The molecule has 1 aromatic heterocycles. The number of hydrogen-bond acceptors (Lipinski definition) is 2. The Morgan fingerprint density at radius 3 is 1.12 bits per heavy atom. The molecule has 1 nitrogen and oxygen atoms in total. The zero-order valence-corrected chi connectivity index (χ0v) is 41.0. The van der Waals surface area contributed by atoms with Crippen molar-refractivity contribution in [1.82, 2.24) is 0 Å². The first-order valence-corrected chi connectivity index (χ1v) is 26.6. The Morgan fingerprint density at radius 2 is 0.649 bits per heavy atom. The van der Waals surface area contributed by atoms with E-state index >= 15 is 0 Å². The Balaban J connectivity index is 0.999. The lowest BCUT2D eigenvalue weighted by atomic mass is 9.70. The van der Waals surface area contributed by atoms with E-state index in [0.717, 1.165) is 11.4 Å². The minimum Gasteiger partial charge on any atom is -0.309 e. The van der Waals surface area contributed by atoms with Gasteiger partial charge in [0, 0.05) is 26.8 Å². The first kappa shape index (κ1) is 40.5. The van der Waals surface area contributed by atoms with Crippen molar-refractivity contribution in [3.05, 3.63) is 305 Å². The quantitative estimate of drug-likeness (QED) is 0.170. The van der Waals surface area contributed by atoms with Crippen molar-refractivity contribution < 1.29 is 0 Å². The van der Waals surface area contributed by atoms with Crippen LogP contribution in [0, 0.1) is 0 Å². The SMILES string of the molecule is c1ccc(-c2cccc3c2sc2c(N(c4ccc5c(c4)C4(c6ccccc6-c6ccccc64)c4ccccc4-5)c4ccc5c(c4)C4(c6ccccc6-c6ccccc64)c4ccccc4-5)cc4ccccc4c23)cc1. The van der Waals surface area contributed by atoms with Gasteiger partial charge in [-0.25, -0.2) is 0 Å². The third-order valence-electron chi connectivity index (χ3n) is 17.3. The Bertz CT molecular complexity index is 4250. The van der Waals surface area contributed by atoms with Crippen molar-refractivity contribution in [2.24, 2.45) is 0 Å². The second kappa shape index (κ2) is 14.8. The molecule has 2 heteroatoms. The molecule has 0 saturated carbocycles. The van der Waals surface area contributed by atoms with E-state index in [0.29, 0.717) is 0 Å². The van der Waals surface area contributed by atoms with Gasteiger partial charge in [0.25, 0.3) is 0 Å². The third kappa shape index (κ3) is 4.99. The summed E-state index contributed by atoms with van der Waals surface area (Å²) < 4.78 is 2.57. The zero-order valence-electron chi connectivity index (χ0n) is 40.2. The van der Waals surface area contributed by atoms with Crippen LogP contribution in [0.5, 0.6) is 0 Å². The van der Waals surface area contributed by atoms with E-state index in [-0.39, 0.29) is 0 Å². The van der Waals surface area contributed by atoms with Crippen LogP contribution in [0.4, 0.5) is 17.1 Å². The molecule has 1 heterocycles. The molecule has 0 saturated heterocycles. The van der Waals surface area contributed by atoms with Gasteiger partial charge in [-0.3, -0.25) is 0 Å². The van der Waals surface area contributed by atoms with Crippen molar-refractivity contribution >= 4 is 59.3 Å². The second-order valence-corrected chi connectivity index (χ2v) is 21.6. The molecule has 0 aliphatic heterocycles. The first-order chi connectivity index (χ1) is 36.7. The molecule has 13 aromatic rings. The summed E-state index contributed by atoms with van der Waals surface area (Å²) in [5.74, 6) is 0. The van der Waals surface area contributed by atoms with Crippen molar-refractivity contribution in [1.29, 1.82) is 0 Å². The molecule has 4 aliphatic carbocycles. The summed E-state index contributed by atoms with van der Waals surface area (Å²) in [5.41, 5.74) is 26.1. The van der Waals surface area contributed by atoms with Crippen LogP contribution in [0.25, 0.3) is 86.6 Å². The summed E-state index contributed by atoms with van der Waals surface area (Å²) >= 11 is 1.93. The molecule has 2 spiro atoms. The maximum atomic E-state index is 2.62. The fraction of sp³-hybridized carbons (Fsp3) is 0.0278. The fourth-order valence-electron chi connectivity index (χ4n) is 14.5. The number of anilines is 3. The van der Waals surface area contributed by atoms with E-state index in [4.69, 9.17) is 0 Å². The van der Waals surface area contributed by atoms with Gasteiger partial charge < -0.3 is 4.90 Å². The Morgan fingerprint density at radius 1 is 0.270 bits per heavy atom. The zero-order chi connectivity index (χ0) is 48.3. The minimum atomic E-state index is -0.497. The molecule has 0 fully saturated rings. The topological polar surface area (TPSA) is 3.24 Å². The average Bonchev–Trinajstić information content (AvgIpc) is 4.28. The van der Waals surface area contributed by atoms with Crippen LogP contribution in [-0.4, -0.2) is 0 Å². The van der Waals surface area contributed by atoms with Crippen molar-refractivity contribution in [3.63, 3.8) is 0 Å². The standard InChI is InChI=1S/C72H43NS/c1-2-19-44(20-3-1)49-29-18-30-58-68-48-22-5-4-21-45(48)41-67(70(68)74-69(49)58)73(46-37-39-56-54-27-10-16-35-63(54)71(65(56)42-46)59-31-12-6-23-50(59)51-24-7-13-32-60(51)71)47-38-40-57-55-28-11-17-36-64(55)72(66(57)43-47)61-33-14-8-25-52(61)53-26-9-15-34-62(53)72/h1-43H. The fourth-order valence-corrected chi connectivity index (χ4v) is 15.9. The first-order valence-electron chi connectivity index (χ1n) is 25.8. The van der Waals surface area contributed by atoms with Crippen LogP contribution in [0.2, 0.25) is 0 Å². The van der Waals surface area contributed by atoms with Gasteiger partial charge in [-0.15, -0.1) is 11.3 Å². The highest BCUT2D eigenvalue weighted by Gasteiger charge is 2.53. The van der Waals surface area contributed by atoms with E-state index < -0.39 is 10.8 Å². The molecule has 4 aliphatic rings. The van der Waals surface area contributed by atoms with Gasteiger partial charge in [-0.2, -0.15) is 0 Å². The summed E-state index contributed by atoms with van der Waals surface area (Å²) in [6.07, 6.45) is 0. The number of nitrogens with zero attached hydrogens (tertiary/aromatic N) is 1. The predicted molar refractivity (Wildman–Crippen MR) is 310 cm³/mol. The average molecular weight is 954 g/mol. The van der Waals surface area contributed by atoms with E-state index in [1.54, 1.807) is 0 Å². The van der Waals surface area contributed by atoms with Gasteiger partial charge in [0.1, 0.15) is 0 Å². The summed E-state index contributed by atoms with van der Waals surface area (Å²) in [7, 11) is 0. The molecule has 342 valence electrons. The van der Waals surface area contributed by atoms with Gasteiger partial charge in [0.2, 0.25) is 0 Å². The molecule has 0 bridgehead atoms. The largest absolute Gasteiger partial charge is 0.309 e. The number of hydrogen-bond donors (Lipinski definition) is 0. The van der Waals surface area contributed by atoms with E-state index in [9.17, 15) is 0 Å². The van der Waals surface area contributed by atoms with Crippen molar-refractivity contribution in [2.45, 2.75) is 10.8 Å². The van der Waals surface area contributed by atoms with Crippen LogP contribution in [0.1, 0.15) is 44.5 Å². The highest BCUT2D eigenvalue weighted by molar-refractivity contribution is 7.27. The van der Waals surface area contributed by atoms with E-state index in [1.807, 2.05) is 11.3 Å². The Kier molecular flexibility index (Phi) is 8.08. The molecule has 0 radical (unpaired) electrons. The predicted octanol–water partition coefficient (Wildman–Crippen LogP) is 19.0. The summed E-state index contributed by atoms with van der Waals surface area (Å²) in [6.45, 7) is 0. The van der Waals surface area contributed by atoms with E-state index in [1.165, 1.54) is 137 Å². The molecule has 0 unspecified atom stereocenters. The number of rotatable bonds is 4. The van der Waals surface area contributed by atoms with Crippen LogP contribution >= 0.6 is 11.3 Å². The molecule has 0 atom stereocenters. The Hall–Kier alpha value is -9.08. The lowest BCUT2D eigenvalue weighted by molar-refractivity contribution is 0.792. The molecule has 0 N–H and O–H groups in total. The second-order valence-electron chi connectivity index (χ2n) is 20.5. The summed E-state index contributed by atoms with van der Waals surface area (Å²) in [5, 5.41) is 5.08. The van der Waals surface area contributed by atoms with Crippen LogP contribution < -0.4 is 4.90 Å². The monoisotopic (exact) mass is 953 g/mol. The van der Waals surface area contributed by atoms with Gasteiger partial charge in [-0.1, -0.05) is 231 Å². The molecular formula is C72H43NS. The van der Waals surface area contributed by atoms with Gasteiger partial charge in [-0.05, 0) is 141 Å². The summed E-state index contributed by atoms with van der Waals surface area (Å²) in [4.78, 5) is 2.62. The van der Waals surface area contributed by atoms with Crippen molar-refractivity contribution in [3.8, 4) is 55.6 Å². The van der Waals surface area contributed by atoms with Crippen LogP contribution in [0.15, 0.2) is 261 Å². The number of benzene rings is 12. The molecule has 12 aromatic carbocycles. The van der Waals surface area contributed by atoms with Gasteiger partial charge >= 0.3 is 0 Å². The molecule has 17 rings (SSSR count). The van der Waals surface area contributed by atoms with Crippen LogP contribution in [0.3, 0.4) is 0 Å². The normalized spacial score (nSPS) is 14.2. The van der Waals surface area contributed by atoms with Crippen LogP contribution in [-0.2, 0) is 10.8 Å². The summed E-state index contributed by atoms with van der Waals surface area (Å²) in [6, 6.07) is 99.1. The maximum Gasteiger partial charge on any atom is 0.0726 e. The number of fused-ring (bicyclic) bond motifs is 25. The molecule has 74 heavy (non-hydrogen) atoms. The maximum absolute atomic E-state index is 2.62. The highest BCUT2D eigenvalue weighted by Crippen LogP contribution is 2.66.